The van der Waals surface area contributed by atoms with Crippen LogP contribution in [0.15, 0.2) is 30.3 Å². The Hall–Kier alpha value is -1.88. The molecule has 0 spiro atoms. The second-order valence-electron chi connectivity index (χ2n) is 6.85. The van der Waals surface area contributed by atoms with Crippen LogP contribution < -0.4 is 5.32 Å². The van der Waals surface area contributed by atoms with Gasteiger partial charge in [0, 0.05) is 39.1 Å². The summed E-state index contributed by atoms with van der Waals surface area (Å²) in [5, 5.41) is 3.50. The molecule has 1 heterocycles. The molecule has 0 unspecified atom stereocenters. The maximum atomic E-state index is 12.5. The number of carbonyl (C=O) groups is 2. The molecule has 0 radical (unpaired) electrons. The van der Waals surface area contributed by atoms with Gasteiger partial charge in [-0.2, -0.15) is 0 Å². The van der Waals surface area contributed by atoms with Crippen molar-refractivity contribution in [1.82, 2.24) is 15.1 Å². The van der Waals surface area contributed by atoms with Gasteiger partial charge in [0.1, 0.15) is 0 Å². The number of piperazine rings is 1. The van der Waals surface area contributed by atoms with Crippen molar-refractivity contribution >= 4 is 11.8 Å². The van der Waals surface area contributed by atoms with Crippen LogP contribution in [-0.4, -0.2) is 54.3 Å². The van der Waals surface area contributed by atoms with Crippen molar-refractivity contribution in [3.8, 4) is 0 Å². The van der Waals surface area contributed by atoms with E-state index in [1.807, 2.05) is 11.0 Å². The minimum atomic E-state index is 0.0920. The highest BCUT2D eigenvalue weighted by Crippen LogP contribution is 2.37. The fourth-order valence-electron chi connectivity index (χ4n) is 3.57. The quantitative estimate of drug-likeness (QED) is 0.896. The lowest BCUT2D eigenvalue weighted by molar-refractivity contribution is -0.138. The van der Waals surface area contributed by atoms with E-state index in [0.29, 0.717) is 38.6 Å². The van der Waals surface area contributed by atoms with E-state index >= 15 is 0 Å². The van der Waals surface area contributed by atoms with Gasteiger partial charge >= 0.3 is 0 Å². The molecule has 1 saturated heterocycles. The van der Waals surface area contributed by atoms with Crippen LogP contribution in [-0.2, 0) is 9.59 Å². The fraction of sp³-hybridized carbons (Fsp3) is 0.579. The van der Waals surface area contributed by atoms with Gasteiger partial charge in [-0.05, 0) is 24.3 Å². The Balaban J connectivity index is 1.53. The maximum absolute atomic E-state index is 12.5. The van der Waals surface area contributed by atoms with E-state index in [1.165, 1.54) is 24.8 Å². The number of rotatable bonds is 5. The highest BCUT2D eigenvalue weighted by Gasteiger charge is 2.29. The summed E-state index contributed by atoms with van der Waals surface area (Å²) in [5.74, 6) is 0.863. The molecule has 3 rings (SSSR count). The minimum absolute atomic E-state index is 0.0920. The molecule has 5 nitrogen and oxygen atoms in total. The lowest BCUT2D eigenvalue weighted by Crippen LogP contribution is -2.52. The Morgan fingerprint density at radius 2 is 1.71 bits per heavy atom. The summed E-state index contributed by atoms with van der Waals surface area (Å²) in [5.41, 5.74) is 1.27. The van der Waals surface area contributed by atoms with Crippen molar-refractivity contribution in [2.24, 2.45) is 5.92 Å². The Morgan fingerprint density at radius 3 is 2.25 bits per heavy atom. The number of nitrogens with one attached hydrogen (secondary N) is 1. The zero-order chi connectivity index (χ0) is 16.9. The van der Waals surface area contributed by atoms with E-state index < -0.39 is 0 Å². The van der Waals surface area contributed by atoms with E-state index in [9.17, 15) is 9.59 Å². The van der Waals surface area contributed by atoms with Gasteiger partial charge in [-0.25, -0.2) is 0 Å². The van der Waals surface area contributed by atoms with Gasteiger partial charge < -0.3 is 15.1 Å². The molecule has 5 heteroatoms. The van der Waals surface area contributed by atoms with E-state index in [0.717, 1.165) is 0 Å². The molecule has 2 fully saturated rings. The molecular weight excluding hydrogens is 302 g/mol. The molecule has 1 aromatic carbocycles. The monoisotopic (exact) mass is 329 g/mol. The van der Waals surface area contributed by atoms with Crippen LogP contribution in [0, 0.1) is 5.92 Å². The van der Waals surface area contributed by atoms with Crippen molar-refractivity contribution in [3.63, 3.8) is 0 Å². The van der Waals surface area contributed by atoms with Crippen molar-refractivity contribution in [3.05, 3.63) is 35.9 Å². The predicted molar refractivity (Wildman–Crippen MR) is 93.4 cm³/mol. The Morgan fingerprint density at radius 1 is 1.08 bits per heavy atom. The SMILES string of the molecule is CC(=O)N1CCN(C(=O)CN[C@H](c2ccccc2)C2CCC2)CC1. The van der Waals surface area contributed by atoms with Crippen LogP contribution in [0.3, 0.4) is 0 Å². The number of amides is 2. The molecule has 2 amide bonds. The highest BCUT2D eigenvalue weighted by atomic mass is 16.2. The third kappa shape index (κ3) is 3.96. The van der Waals surface area contributed by atoms with Crippen molar-refractivity contribution in [2.75, 3.05) is 32.7 Å². The Kier molecular flexibility index (Phi) is 5.51. The van der Waals surface area contributed by atoms with Gasteiger partial charge in [-0.3, -0.25) is 9.59 Å². The molecule has 1 saturated carbocycles. The first kappa shape index (κ1) is 17.0. The first-order valence-electron chi connectivity index (χ1n) is 8.97. The van der Waals surface area contributed by atoms with Crippen LogP contribution in [0.1, 0.15) is 37.8 Å². The molecule has 2 aliphatic rings. The largest absolute Gasteiger partial charge is 0.339 e. The second kappa shape index (κ2) is 7.79. The lowest BCUT2D eigenvalue weighted by atomic mass is 9.77. The van der Waals surface area contributed by atoms with Crippen LogP contribution in [0.4, 0.5) is 0 Å². The Bertz CT molecular complexity index is 563. The number of hydrogen-bond donors (Lipinski definition) is 1. The molecule has 1 aromatic rings. The summed E-state index contributed by atoms with van der Waals surface area (Å²) < 4.78 is 0. The molecular formula is C19H27N3O2. The van der Waals surface area contributed by atoms with Gasteiger partial charge in [0.25, 0.3) is 0 Å². The average molecular weight is 329 g/mol. The summed E-state index contributed by atoms with van der Waals surface area (Å²) in [6, 6.07) is 10.7. The minimum Gasteiger partial charge on any atom is -0.339 e. The standard InChI is InChI=1S/C19H27N3O2/c1-15(23)21-10-12-22(13-11-21)18(24)14-20-19(17-8-5-9-17)16-6-3-2-4-7-16/h2-4,6-7,17,19-20H,5,8-14H2,1H3/t19-/m1/s1. The fourth-order valence-corrected chi connectivity index (χ4v) is 3.57. The maximum Gasteiger partial charge on any atom is 0.236 e. The van der Waals surface area contributed by atoms with Crippen LogP contribution in [0.2, 0.25) is 0 Å². The number of benzene rings is 1. The molecule has 0 aromatic heterocycles. The van der Waals surface area contributed by atoms with Gasteiger partial charge in [-0.1, -0.05) is 36.8 Å². The number of nitrogens with zero attached hydrogens (tertiary/aromatic N) is 2. The molecule has 24 heavy (non-hydrogen) atoms. The summed E-state index contributed by atoms with van der Waals surface area (Å²) in [6.07, 6.45) is 3.76. The zero-order valence-electron chi connectivity index (χ0n) is 14.4. The molecule has 1 N–H and O–H groups in total. The van der Waals surface area contributed by atoms with Crippen LogP contribution in [0.25, 0.3) is 0 Å². The first-order chi connectivity index (χ1) is 11.6. The number of hydrogen-bond acceptors (Lipinski definition) is 3. The molecule has 0 bridgehead atoms. The highest BCUT2D eigenvalue weighted by molar-refractivity contribution is 5.79. The number of carbonyl (C=O) groups excluding carboxylic acids is 2. The van der Waals surface area contributed by atoms with E-state index in [4.69, 9.17) is 0 Å². The van der Waals surface area contributed by atoms with Crippen molar-refractivity contribution < 1.29 is 9.59 Å². The normalized spacial score (nSPS) is 19.7. The molecule has 1 atom stereocenters. The smallest absolute Gasteiger partial charge is 0.236 e. The van der Waals surface area contributed by atoms with Crippen molar-refractivity contribution in [2.45, 2.75) is 32.2 Å². The zero-order valence-corrected chi connectivity index (χ0v) is 14.4. The molecule has 130 valence electrons. The first-order valence-corrected chi connectivity index (χ1v) is 8.97. The van der Waals surface area contributed by atoms with Crippen LogP contribution in [0.5, 0.6) is 0 Å². The van der Waals surface area contributed by atoms with Crippen molar-refractivity contribution in [1.29, 1.82) is 0 Å². The predicted octanol–water partition coefficient (Wildman–Crippen LogP) is 1.81. The van der Waals surface area contributed by atoms with Gasteiger partial charge in [0.2, 0.25) is 11.8 Å². The molecule has 1 aliphatic heterocycles. The summed E-state index contributed by atoms with van der Waals surface area (Å²) in [4.78, 5) is 27.5. The molecule has 1 aliphatic carbocycles. The third-order valence-corrected chi connectivity index (χ3v) is 5.33. The van der Waals surface area contributed by atoms with Gasteiger partial charge in [0.15, 0.2) is 0 Å². The van der Waals surface area contributed by atoms with Gasteiger partial charge in [0.05, 0.1) is 6.54 Å². The topological polar surface area (TPSA) is 52.7 Å². The van der Waals surface area contributed by atoms with E-state index in [-0.39, 0.29) is 17.9 Å². The summed E-state index contributed by atoms with van der Waals surface area (Å²) in [6.45, 7) is 4.52. The van der Waals surface area contributed by atoms with Crippen LogP contribution >= 0.6 is 0 Å². The second-order valence-corrected chi connectivity index (χ2v) is 6.85. The van der Waals surface area contributed by atoms with E-state index in [2.05, 4.69) is 29.6 Å². The Labute approximate surface area is 144 Å². The average Bonchev–Trinajstić information content (AvgIpc) is 2.57. The van der Waals surface area contributed by atoms with E-state index in [1.54, 1.807) is 11.8 Å². The van der Waals surface area contributed by atoms with Gasteiger partial charge in [-0.15, -0.1) is 0 Å². The third-order valence-electron chi connectivity index (χ3n) is 5.33. The summed E-state index contributed by atoms with van der Waals surface area (Å²) in [7, 11) is 0. The summed E-state index contributed by atoms with van der Waals surface area (Å²) >= 11 is 0. The lowest BCUT2D eigenvalue weighted by Gasteiger charge is -2.37.